The first-order valence-corrected chi connectivity index (χ1v) is 19.5. The Morgan fingerprint density at radius 2 is 1.89 bits per heavy atom. The highest BCUT2D eigenvalue weighted by molar-refractivity contribution is 7.99. The van der Waals surface area contributed by atoms with Crippen molar-refractivity contribution in [2.75, 3.05) is 39.9 Å². The van der Waals surface area contributed by atoms with E-state index >= 15 is 0 Å². The van der Waals surface area contributed by atoms with E-state index in [-0.39, 0.29) is 30.9 Å². The monoisotopic (exact) mass is 754 g/mol. The Morgan fingerprint density at radius 3 is 2.69 bits per heavy atom. The van der Waals surface area contributed by atoms with Gasteiger partial charge in [0, 0.05) is 58.4 Å². The van der Waals surface area contributed by atoms with Gasteiger partial charge in [0.2, 0.25) is 6.79 Å². The van der Waals surface area contributed by atoms with Gasteiger partial charge in [-0.05, 0) is 56.5 Å². The second-order valence-electron chi connectivity index (χ2n) is 15.3. The first-order valence-electron chi connectivity index (χ1n) is 18.4. The number of fused-ring (bicyclic) bond motifs is 11. The predicted octanol–water partition coefficient (Wildman–Crippen LogP) is 4.18. The number of H-pyrrole nitrogens is 1. The summed E-state index contributed by atoms with van der Waals surface area (Å²) < 4.78 is 30.6. The largest absolute Gasteiger partial charge is 0.504 e. The Bertz CT molecular complexity index is 2290. The van der Waals surface area contributed by atoms with E-state index in [1.807, 2.05) is 44.0 Å². The number of aryl methyl sites for hydroxylation is 1. The van der Waals surface area contributed by atoms with Gasteiger partial charge in [0.25, 0.3) is 0 Å². The molecular weight excluding hydrogens is 713 g/mol. The second-order valence-corrected chi connectivity index (χ2v) is 16.4. The molecule has 4 N–H and O–H groups in total. The highest BCUT2D eigenvalue weighted by atomic mass is 32.2. The molecule has 0 saturated carbocycles. The summed E-state index contributed by atoms with van der Waals surface area (Å²) in [7, 11) is 3.54. The number of ether oxygens (including phenoxy) is 5. The molecule has 2 saturated heterocycles. The minimum absolute atomic E-state index is 0.0347. The van der Waals surface area contributed by atoms with Crippen molar-refractivity contribution >= 4 is 34.6 Å². The number of hydrogen-bond donors (Lipinski definition) is 4. The third kappa shape index (κ3) is 4.42. The number of esters is 2. The summed E-state index contributed by atoms with van der Waals surface area (Å²) in [5.41, 5.74) is 6.07. The molecule has 11 rings (SSSR count). The van der Waals surface area contributed by atoms with Crippen molar-refractivity contribution in [3.05, 3.63) is 75.0 Å². The molecule has 282 valence electrons. The first-order chi connectivity index (χ1) is 26.1. The van der Waals surface area contributed by atoms with Crippen LogP contribution in [0.3, 0.4) is 0 Å². The van der Waals surface area contributed by atoms with Gasteiger partial charge in [0.1, 0.15) is 18.6 Å². The Labute approximate surface area is 315 Å². The molecule has 54 heavy (non-hydrogen) atoms. The van der Waals surface area contributed by atoms with Gasteiger partial charge in [-0.3, -0.25) is 19.9 Å². The van der Waals surface area contributed by atoms with Crippen molar-refractivity contribution in [2.24, 2.45) is 0 Å². The van der Waals surface area contributed by atoms with Crippen molar-refractivity contribution in [2.45, 2.75) is 74.8 Å². The van der Waals surface area contributed by atoms with Crippen LogP contribution in [0.15, 0.2) is 30.3 Å². The fourth-order valence-electron chi connectivity index (χ4n) is 10.4. The predicted molar refractivity (Wildman–Crippen MR) is 198 cm³/mol. The highest BCUT2D eigenvalue weighted by Gasteiger charge is 2.61. The van der Waals surface area contributed by atoms with Crippen molar-refractivity contribution < 1.29 is 43.5 Å². The van der Waals surface area contributed by atoms with Crippen LogP contribution < -0.4 is 24.3 Å². The number of aliphatic hydroxyl groups is 1. The van der Waals surface area contributed by atoms with Gasteiger partial charge in [-0.15, -0.1) is 11.8 Å². The van der Waals surface area contributed by atoms with E-state index in [2.05, 4.69) is 27.3 Å². The minimum atomic E-state index is -1.23. The average Bonchev–Trinajstić information content (AvgIpc) is 3.80. The summed E-state index contributed by atoms with van der Waals surface area (Å²) in [5, 5.41) is 28.7. The van der Waals surface area contributed by atoms with Crippen LogP contribution in [-0.2, 0) is 32.7 Å². The highest BCUT2D eigenvalue weighted by Crippen LogP contribution is 2.64. The van der Waals surface area contributed by atoms with Crippen LogP contribution in [0.25, 0.3) is 10.9 Å². The molecule has 14 heteroatoms. The fourth-order valence-corrected chi connectivity index (χ4v) is 12.1. The molecule has 4 aromatic rings. The standard InChI is InChI=1S/C40H42N4O9S/c1-17-12-20-13-24-38(47)44-25-14-50-39(48)40(37-22(10-11-41-40)21-8-6-7-9-23(21)42-37)15-54-36(30(44)29(43(24)4)26(20)31(46)32(17)49-5)28-27(25)35-34(51-16-52-35)18(2)33(28)53-19(3)45/h6-9,12,24-25,29-30,36,38,41-42,46-47H,10-11,13-16H2,1-5H3/t24-,25-,29+,30+,36+,38-,40+/m0/s1. The molecule has 1 aromatic heterocycles. The van der Waals surface area contributed by atoms with Crippen LogP contribution in [0, 0.1) is 13.8 Å². The SMILES string of the molecule is COc1c(C)cc2c(c1O)[C@@H]1[C@@H]3[C@@H]4SC[C@]5(NCCc6c5[nH]c5ccccc65)C(=O)OC[C@@H](c5c6c(c(C)c(OC(C)=O)c54)OCO6)N3[C@@H](O)[C@H](C2)N1C. The summed E-state index contributed by atoms with van der Waals surface area (Å²) in [6.07, 6.45) is 0.205. The smallest absolute Gasteiger partial charge is 0.333 e. The quantitative estimate of drug-likeness (QED) is 0.171. The van der Waals surface area contributed by atoms with E-state index in [0.29, 0.717) is 47.1 Å². The number of para-hydroxylation sites is 1. The molecule has 0 radical (unpaired) electrons. The van der Waals surface area contributed by atoms with Crippen LogP contribution in [-0.4, -0.2) is 95.1 Å². The van der Waals surface area contributed by atoms with Gasteiger partial charge in [-0.1, -0.05) is 24.3 Å². The molecule has 3 aromatic carbocycles. The summed E-state index contributed by atoms with van der Waals surface area (Å²) >= 11 is 1.54. The number of carbonyl (C=O) groups is 2. The molecule has 7 atom stereocenters. The molecule has 0 aliphatic carbocycles. The van der Waals surface area contributed by atoms with E-state index in [9.17, 15) is 19.8 Å². The molecule has 7 aliphatic heterocycles. The lowest BCUT2D eigenvalue weighted by Crippen LogP contribution is -2.70. The van der Waals surface area contributed by atoms with Crippen molar-refractivity contribution in [3.8, 4) is 28.7 Å². The van der Waals surface area contributed by atoms with Crippen molar-refractivity contribution in [3.63, 3.8) is 0 Å². The number of aromatic amines is 1. The summed E-state index contributed by atoms with van der Waals surface area (Å²) in [4.78, 5) is 35.5. The molecule has 13 nitrogen and oxygen atoms in total. The normalized spacial score (nSPS) is 29.6. The number of rotatable bonds is 2. The lowest BCUT2D eigenvalue weighted by atomic mass is 9.73. The number of benzene rings is 3. The molecular formula is C40H42N4O9S. The Balaban J connectivity index is 1.24. The summed E-state index contributed by atoms with van der Waals surface area (Å²) in [6, 6.07) is 8.07. The number of nitrogens with one attached hydrogen (secondary N) is 2. The van der Waals surface area contributed by atoms with E-state index in [4.69, 9.17) is 23.7 Å². The Kier molecular flexibility index (Phi) is 7.58. The molecule has 8 heterocycles. The summed E-state index contributed by atoms with van der Waals surface area (Å²) in [6.45, 7) is 5.54. The average molecular weight is 755 g/mol. The third-order valence-corrected chi connectivity index (χ3v) is 14.1. The van der Waals surface area contributed by atoms with Crippen molar-refractivity contribution in [1.29, 1.82) is 0 Å². The first kappa shape index (κ1) is 34.1. The van der Waals surface area contributed by atoms with Crippen molar-refractivity contribution in [1.82, 2.24) is 20.1 Å². The second kappa shape index (κ2) is 12.0. The lowest BCUT2D eigenvalue weighted by molar-refractivity contribution is -0.186. The number of piperazine rings is 1. The molecule has 1 spiro atoms. The maximum Gasteiger partial charge on any atom is 0.333 e. The number of likely N-dealkylation sites (N-methyl/N-ethyl adjacent to an activating group) is 1. The third-order valence-electron chi connectivity index (χ3n) is 12.6. The zero-order chi connectivity index (χ0) is 37.4. The van der Waals surface area contributed by atoms with Gasteiger partial charge < -0.3 is 38.9 Å². The number of thioether (sulfide) groups is 1. The van der Waals surface area contributed by atoms with Gasteiger partial charge in [0.05, 0.1) is 36.2 Å². The van der Waals surface area contributed by atoms with Crippen LogP contribution >= 0.6 is 11.8 Å². The number of phenols is 1. The molecule has 2 fully saturated rings. The van der Waals surface area contributed by atoms with Crippen LogP contribution in [0.1, 0.15) is 68.9 Å². The van der Waals surface area contributed by atoms with Gasteiger partial charge in [-0.25, -0.2) is 4.79 Å². The molecule has 0 unspecified atom stereocenters. The van der Waals surface area contributed by atoms with Gasteiger partial charge >= 0.3 is 11.9 Å². The molecule has 7 aliphatic rings. The molecule has 4 bridgehead atoms. The maximum atomic E-state index is 14.8. The zero-order valence-corrected chi connectivity index (χ0v) is 31.5. The van der Waals surface area contributed by atoms with E-state index in [1.165, 1.54) is 6.92 Å². The van der Waals surface area contributed by atoms with E-state index in [1.54, 1.807) is 18.9 Å². The Morgan fingerprint density at radius 1 is 1.09 bits per heavy atom. The fraction of sp³-hybridized carbons (Fsp3) is 0.450. The van der Waals surface area contributed by atoms with Crippen LogP contribution in [0.5, 0.6) is 28.7 Å². The number of phenolic OH excluding ortho intramolecular Hbond substituents is 1. The summed E-state index contributed by atoms with van der Waals surface area (Å²) in [5.74, 6) is 1.13. The lowest BCUT2D eigenvalue weighted by Gasteiger charge is -2.62. The number of aliphatic hydroxyl groups excluding tert-OH is 1. The van der Waals surface area contributed by atoms with Crippen LogP contribution in [0.2, 0.25) is 0 Å². The Hall–Kier alpha value is -4.47. The minimum Gasteiger partial charge on any atom is -0.504 e. The number of hydrogen-bond acceptors (Lipinski definition) is 13. The van der Waals surface area contributed by atoms with E-state index < -0.39 is 47.1 Å². The number of nitrogens with zero attached hydrogens (tertiary/aromatic N) is 2. The molecule has 0 amide bonds. The zero-order valence-electron chi connectivity index (χ0n) is 30.6. The van der Waals surface area contributed by atoms with Gasteiger partial charge in [-0.2, -0.15) is 0 Å². The van der Waals surface area contributed by atoms with E-state index in [0.717, 1.165) is 50.8 Å². The number of aromatic nitrogens is 1. The maximum absolute atomic E-state index is 14.8. The number of methoxy groups -OCH3 is 1. The number of carbonyl (C=O) groups excluding carboxylic acids is 2. The van der Waals surface area contributed by atoms with Crippen LogP contribution in [0.4, 0.5) is 0 Å². The van der Waals surface area contributed by atoms with Gasteiger partial charge in [0.15, 0.2) is 28.5 Å². The topological polar surface area (TPSA) is 155 Å². The number of aromatic hydroxyl groups is 1.